The predicted octanol–water partition coefficient (Wildman–Crippen LogP) is 3.14. The van der Waals surface area contributed by atoms with Gasteiger partial charge < -0.3 is 9.84 Å². The molecule has 0 aliphatic carbocycles. The van der Waals surface area contributed by atoms with Gasteiger partial charge in [0.1, 0.15) is 18.3 Å². The maximum atomic E-state index is 12.8. The lowest BCUT2D eigenvalue weighted by atomic mass is 10.0. The van der Waals surface area contributed by atoms with E-state index in [-0.39, 0.29) is 5.75 Å². The number of ether oxygens (including phenoxy) is 1. The first kappa shape index (κ1) is 13.4. The smallest absolute Gasteiger partial charge is 0.315 e. The summed E-state index contributed by atoms with van der Waals surface area (Å²) in [5, 5.41) is 9.48. The van der Waals surface area contributed by atoms with E-state index in [0.29, 0.717) is 14.5 Å². The highest BCUT2D eigenvalue weighted by Gasteiger charge is 2.23. The molecule has 1 unspecified atom stereocenters. The van der Waals surface area contributed by atoms with Crippen molar-refractivity contribution in [3.05, 3.63) is 26.6 Å². The summed E-state index contributed by atoms with van der Waals surface area (Å²) in [6.45, 7) is -0.851. The van der Waals surface area contributed by atoms with Crippen molar-refractivity contribution in [2.45, 2.75) is 5.92 Å². The van der Waals surface area contributed by atoms with Crippen molar-refractivity contribution in [1.82, 2.24) is 0 Å². The minimum Gasteiger partial charge on any atom is -0.506 e. The molecular formula is C10H9Br2FO3. The van der Waals surface area contributed by atoms with Crippen molar-refractivity contribution in [1.29, 1.82) is 0 Å². The van der Waals surface area contributed by atoms with Crippen LogP contribution in [0.2, 0.25) is 0 Å². The van der Waals surface area contributed by atoms with Crippen LogP contribution in [0.1, 0.15) is 11.5 Å². The molecule has 1 atom stereocenters. The zero-order valence-corrected chi connectivity index (χ0v) is 11.5. The molecule has 6 heteroatoms. The van der Waals surface area contributed by atoms with Crippen molar-refractivity contribution in [2.24, 2.45) is 0 Å². The monoisotopic (exact) mass is 354 g/mol. The summed E-state index contributed by atoms with van der Waals surface area (Å²) in [5.74, 6) is -1.61. The number of alkyl halides is 1. The Morgan fingerprint density at radius 3 is 2.38 bits per heavy atom. The van der Waals surface area contributed by atoms with Crippen LogP contribution in [-0.4, -0.2) is 24.9 Å². The fourth-order valence-corrected chi connectivity index (χ4v) is 2.44. The second kappa shape index (κ2) is 5.63. The van der Waals surface area contributed by atoms with Gasteiger partial charge in [0, 0.05) is 0 Å². The molecule has 0 heterocycles. The number of hydrogen-bond donors (Lipinski definition) is 1. The Balaban J connectivity index is 3.16. The molecular weight excluding hydrogens is 347 g/mol. The van der Waals surface area contributed by atoms with E-state index < -0.39 is 18.6 Å². The molecule has 0 aromatic heterocycles. The first-order valence-electron chi connectivity index (χ1n) is 4.33. The molecule has 1 aromatic carbocycles. The first-order valence-corrected chi connectivity index (χ1v) is 5.91. The highest BCUT2D eigenvalue weighted by molar-refractivity contribution is 9.11. The summed E-state index contributed by atoms with van der Waals surface area (Å²) in [7, 11) is 1.20. The summed E-state index contributed by atoms with van der Waals surface area (Å²) >= 11 is 6.22. The number of benzene rings is 1. The molecule has 3 nitrogen and oxygen atoms in total. The SMILES string of the molecule is COC(=O)C(CF)c1cc(Br)c(O)c(Br)c1. The maximum Gasteiger partial charge on any atom is 0.315 e. The minimum atomic E-state index is -0.974. The molecule has 0 saturated heterocycles. The Morgan fingerprint density at radius 2 is 2.00 bits per heavy atom. The molecule has 1 aromatic rings. The average Bonchev–Trinajstić information content (AvgIpc) is 2.26. The van der Waals surface area contributed by atoms with E-state index in [2.05, 4.69) is 36.6 Å². The summed E-state index contributed by atoms with van der Waals surface area (Å²) in [6, 6.07) is 2.97. The predicted molar refractivity (Wildman–Crippen MR) is 64.2 cm³/mol. The van der Waals surface area contributed by atoms with Crippen LogP contribution in [0.4, 0.5) is 4.39 Å². The number of esters is 1. The molecule has 1 N–H and O–H groups in total. The number of aromatic hydroxyl groups is 1. The number of carbonyl (C=O) groups excluding carboxylic acids is 1. The molecule has 16 heavy (non-hydrogen) atoms. The number of phenolic OH excluding ortho intramolecular Hbond substituents is 1. The van der Waals surface area contributed by atoms with E-state index in [9.17, 15) is 14.3 Å². The van der Waals surface area contributed by atoms with Gasteiger partial charge in [-0.25, -0.2) is 4.39 Å². The van der Waals surface area contributed by atoms with Gasteiger partial charge in [-0.3, -0.25) is 4.79 Å². The summed E-state index contributed by atoms with van der Waals surface area (Å²) in [5.41, 5.74) is 0.436. The number of hydrogen-bond acceptors (Lipinski definition) is 3. The number of methoxy groups -OCH3 is 1. The van der Waals surface area contributed by atoms with Crippen molar-refractivity contribution >= 4 is 37.8 Å². The molecule has 88 valence electrons. The molecule has 0 bridgehead atoms. The van der Waals surface area contributed by atoms with E-state index in [1.165, 1.54) is 19.2 Å². The Labute approximate surface area is 109 Å². The lowest BCUT2D eigenvalue weighted by molar-refractivity contribution is -0.142. The van der Waals surface area contributed by atoms with Crippen LogP contribution in [0, 0.1) is 0 Å². The highest BCUT2D eigenvalue weighted by atomic mass is 79.9. The van der Waals surface area contributed by atoms with Gasteiger partial charge in [-0.1, -0.05) is 0 Å². The fraction of sp³-hybridized carbons (Fsp3) is 0.300. The standard InChI is InChI=1S/C10H9Br2FO3/c1-16-10(15)6(4-13)5-2-7(11)9(14)8(12)3-5/h2-3,6,14H,4H2,1H3. The molecule has 0 amide bonds. The molecule has 0 fully saturated rings. The number of halogens is 3. The van der Waals surface area contributed by atoms with Crippen LogP contribution in [-0.2, 0) is 9.53 Å². The van der Waals surface area contributed by atoms with E-state index in [1.54, 1.807) is 0 Å². The molecule has 0 radical (unpaired) electrons. The van der Waals surface area contributed by atoms with Crippen LogP contribution < -0.4 is 0 Å². The quantitative estimate of drug-likeness (QED) is 0.847. The second-order valence-electron chi connectivity index (χ2n) is 3.06. The summed E-state index contributed by atoms with van der Waals surface area (Å²) in [6.07, 6.45) is 0. The van der Waals surface area contributed by atoms with Crippen molar-refractivity contribution < 1.29 is 19.0 Å². The number of carbonyl (C=O) groups is 1. The van der Waals surface area contributed by atoms with Crippen molar-refractivity contribution in [3.63, 3.8) is 0 Å². The van der Waals surface area contributed by atoms with E-state index in [1.807, 2.05) is 0 Å². The molecule has 0 aliphatic heterocycles. The van der Waals surface area contributed by atoms with Gasteiger partial charge in [-0.2, -0.15) is 0 Å². The third-order valence-corrected chi connectivity index (χ3v) is 3.29. The van der Waals surface area contributed by atoms with Gasteiger partial charge in [-0.15, -0.1) is 0 Å². The van der Waals surface area contributed by atoms with Gasteiger partial charge in [0.15, 0.2) is 0 Å². The van der Waals surface area contributed by atoms with Gasteiger partial charge >= 0.3 is 5.97 Å². The Morgan fingerprint density at radius 1 is 1.50 bits per heavy atom. The van der Waals surface area contributed by atoms with E-state index >= 15 is 0 Å². The van der Waals surface area contributed by atoms with Gasteiger partial charge in [-0.05, 0) is 49.6 Å². The third-order valence-electron chi connectivity index (χ3n) is 2.08. The molecule has 0 aliphatic rings. The van der Waals surface area contributed by atoms with Gasteiger partial charge in [0.05, 0.1) is 16.1 Å². The molecule has 0 saturated carbocycles. The second-order valence-corrected chi connectivity index (χ2v) is 4.77. The molecule has 1 rings (SSSR count). The van der Waals surface area contributed by atoms with Crippen molar-refractivity contribution in [2.75, 3.05) is 13.8 Å². The average molecular weight is 356 g/mol. The van der Waals surface area contributed by atoms with Crippen LogP contribution in [0.15, 0.2) is 21.1 Å². The lowest BCUT2D eigenvalue weighted by Crippen LogP contribution is -2.16. The zero-order chi connectivity index (χ0) is 12.3. The fourth-order valence-electron chi connectivity index (χ4n) is 1.22. The minimum absolute atomic E-state index is 0.00576. The normalized spacial score (nSPS) is 12.2. The van der Waals surface area contributed by atoms with Crippen LogP contribution in [0.5, 0.6) is 5.75 Å². The van der Waals surface area contributed by atoms with E-state index in [4.69, 9.17) is 0 Å². The topological polar surface area (TPSA) is 46.5 Å². The van der Waals surface area contributed by atoms with Crippen LogP contribution >= 0.6 is 31.9 Å². The summed E-state index contributed by atoms with van der Waals surface area (Å²) < 4.78 is 18.0. The largest absolute Gasteiger partial charge is 0.506 e. The van der Waals surface area contributed by atoms with Gasteiger partial charge in [0.25, 0.3) is 0 Å². The Hall–Kier alpha value is -0.620. The van der Waals surface area contributed by atoms with Crippen molar-refractivity contribution in [3.8, 4) is 5.75 Å². The first-order chi connectivity index (χ1) is 7.51. The lowest BCUT2D eigenvalue weighted by Gasteiger charge is -2.12. The molecule has 0 spiro atoms. The van der Waals surface area contributed by atoms with Crippen LogP contribution in [0.3, 0.4) is 0 Å². The highest BCUT2D eigenvalue weighted by Crippen LogP contribution is 2.35. The maximum absolute atomic E-state index is 12.8. The number of phenols is 1. The Kier molecular flexibility index (Phi) is 4.73. The van der Waals surface area contributed by atoms with Gasteiger partial charge in [0.2, 0.25) is 0 Å². The van der Waals surface area contributed by atoms with Crippen LogP contribution in [0.25, 0.3) is 0 Å². The van der Waals surface area contributed by atoms with E-state index in [0.717, 1.165) is 0 Å². The zero-order valence-electron chi connectivity index (χ0n) is 8.34. The third kappa shape index (κ3) is 2.74. The summed E-state index contributed by atoms with van der Waals surface area (Å²) in [4.78, 5) is 11.3. The number of rotatable bonds is 3. The Bertz CT molecular complexity index is 386.